The molecule has 31 heavy (non-hydrogen) atoms. The van der Waals surface area contributed by atoms with E-state index in [9.17, 15) is 22.8 Å². The summed E-state index contributed by atoms with van der Waals surface area (Å²) in [5.41, 5.74) is 2.94. The van der Waals surface area contributed by atoms with E-state index in [1.54, 1.807) is 49.8 Å². The number of aromatic nitrogens is 1. The molecule has 3 rings (SSSR count). The smallest absolute Gasteiger partial charge is 0.373 e. The lowest BCUT2D eigenvalue weighted by atomic mass is 10.1. The van der Waals surface area contributed by atoms with Gasteiger partial charge in [0.1, 0.15) is 18.9 Å². The number of hydrogen-bond donors (Lipinski definition) is 4. The van der Waals surface area contributed by atoms with Gasteiger partial charge in [0.2, 0.25) is 5.91 Å². The molecule has 0 fully saturated rings. The Labute approximate surface area is 176 Å². The number of pyridine rings is 1. The number of carbonyl (C=O) groups is 2. The summed E-state index contributed by atoms with van der Waals surface area (Å²) in [5, 5.41) is 15.7. The van der Waals surface area contributed by atoms with Crippen LogP contribution in [0, 0.1) is 5.41 Å². The first-order valence-corrected chi connectivity index (χ1v) is 9.34. The second-order valence-electron chi connectivity index (χ2n) is 7.01. The van der Waals surface area contributed by atoms with E-state index >= 15 is 0 Å². The molecule has 1 aromatic heterocycles. The molecule has 0 bridgehead atoms. The molecule has 0 radical (unpaired) electrons. The maximum absolute atomic E-state index is 12.8. The fourth-order valence-electron chi connectivity index (χ4n) is 3.25. The zero-order chi connectivity index (χ0) is 22.8. The third-order valence-corrected chi connectivity index (χ3v) is 4.64. The Morgan fingerprint density at radius 3 is 2.71 bits per heavy atom. The molecular weight excluding hydrogens is 413 g/mol. The molecule has 1 aliphatic rings. The van der Waals surface area contributed by atoms with Gasteiger partial charge in [-0.15, -0.1) is 0 Å². The second kappa shape index (κ2) is 8.62. The van der Waals surface area contributed by atoms with Crippen molar-refractivity contribution in [2.45, 2.75) is 19.6 Å². The summed E-state index contributed by atoms with van der Waals surface area (Å²) >= 11 is 0. The third kappa shape index (κ3) is 5.11. The van der Waals surface area contributed by atoms with Crippen LogP contribution in [0.2, 0.25) is 0 Å². The van der Waals surface area contributed by atoms with E-state index < -0.39 is 31.1 Å². The molecule has 0 saturated heterocycles. The summed E-state index contributed by atoms with van der Waals surface area (Å²) in [6, 6.07) is 6.87. The van der Waals surface area contributed by atoms with Crippen LogP contribution in [0.5, 0.6) is 0 Å². The Morgan fingerprint density at radius 2 is 2.06 bits per heavy atom. The largest absolute Gasteiger partial charge is 0.405 e. The van der Waals surface area contributed by atoms with Crippen LogP contribution in [-0.2, 0) is 11.3 Å². The van der Waals surface area contributed by atoms with Crippen LogP contribution in [-0.4, -0.2) is 53.7 Å². The highest BCUT2D eigenvalue weighted by molar-refractivity contribution is 6.06. The first kappa shape index (κ1) is 22.1. The van der Waals surface area contributed by atoms with E-state index in [1.807, 2.05) is 0 Å². The van der Waals surface area contributed by atoms with E-state index in [4.69, 9.17) is 5.41 Å². The number of benzene rings is 1. The van der Waals surface area contributed by atoms with Crippen molar-refractivity contribution in [3.8, 4) is 0 Å². The van der Waals surface area contributed by atoms with Gasteiger partial charge < -0.3 is 26.3 Å². The van der Waals surface area contributed by atoms with Gasteiger partial charge >= 0.3 is 6.18 Å². The average molecular weight is 434 g/mol. The predicted molar refractivity (Wildman–Crippen MR) is 110 cm³/mol. The van der Waals surface area contributed by atoms with Gasteiger partial charge in [0.25, 0.3) is 5.91 Å². The van der Waals surface area contributed by atoms with Gasteiger partial charge in [-0.1, -0.05) is 12.1 Å². The zero-order valence-corrected chi connectivity index (χ0v) is 16.9. The third-order valence-electron chi connectivity index (χ3n) is 4.64. The molecule has 2 aromatic rings. The molecule has 164 valence electrons. The van der Waals surface area contributed by atoms with Crippen LogP contribution in [0.3, 0.4) is 0 Å². The average Bonchev–Trinajstić information content (AvgIpc) is 3.02. The minimum absolute atomic E-state index is 0.116. The standard InChI is InChI=1S/C20H21F3N6O2/c1-11(24)14-6-13(7-26-18(14)25-2)28-15-5-3-4-12-8-29(19(31)17(12)15)9-16(30)27-10-20(21,22)23/h3-7,24,28H,8-10H2,1-2H3,(H,25,26)(H,27,30). The van der Waals surface area contributed by atoms with Crippen LogP contribution in [0.1, 0.15) is 28.4 Å². The van der Waals surface area contributed by atoms with Crippen LogP contribution in [0.25, 0.3) is 0 Å². The Bertz CT molecular complexity index is 1040. The second-order valence-corrected chi connectivity index (χ2v) is 7.01. The van der Waals surface area contributed by atoms with Crippen molar-refractivity contribution in [3.63, 3.8) is 0 Å². The number of alkyl halides is 3. The van der Waals surface area contributed by atoms with Crippen molar-refractivity contribution in [1.29, 1.82) is 5.41 Å². The molecule has 0 aliphatic carbocycles. The highest BCUT2D eigenvalue weighted by Crippen LogP contribution is 2.31. The van der Waals surface area contributed by atoms with Gasteiger partial charge in [-0.2, -0.15) is 13.2 Å². The van der Waals surface area contributed by atoms with Gasteiger partial charge in [0.15, 0.2) is 0 Å². The molecule has 11 heteroatoms. The maximum Gasteiger partial charge on any atom is 0.405 e. The normalized spacial score (nSPS) is 13.1. The van der Waals surface area contributed by atoms with Gasteiger partial charge in [-0.3, -0.25) is 9.59 Å². The summed E-state index contributed by atoms with van der Waals surface area (Å²) < 4.78 is 36.8. The molecule has 2 amide bonds. The van der Waals surface area contributed by atoms with E-state index in [2.05, 4.69) is 15.6 Å². The Kier molecular flexibility index (Phi) is 6.14. The molecule has 8 nitrogen and oxygen atoms in total. The topological polar surface area (TPSA) is 110 Å². The first-order valence-electron chi connectivity index (χ1n) is 9.34. The predicted octanol–water partition coefficient (Wildman–Crippen LogP) is 2.89. The van der Waals surface area contributed by atoms with E-state index in [0.29, 0.717) is 39.6 Å². The van der Waals surface area contributed by atoms with Crippen molar-refractivity contribution in [3.05, 3.63) is 47.2 Å². The summed E-state index contributed by atoms with van der Waals surface area (Å²) in [6.07, 6.45) is -2.96. The van der Waals surface area contributed by atoms with Crippen molar-refractivity contribution in [1.82, 2.24) is 15.2 Å². The Hall–Kier alpha value is -3.63. The van der Waals surface area contributed by atoms with E-state index in [1.165, 1.54) is 4.90 Å². The molecule has 0 spiro atoms. The number of nitrogens with zero attached hydrogens (tertiary/aromatic N) is 2. The number of carbonyl (C=O) groups excluding carboxylic acids is 2. The molecule has 0 atom stereocenters. The van der Waals surface area contributed by atoms with Gasteiger partial charge in [-0.25, -0.2) is 4.98 Å². The minimum Gasteiger partial charge on any atom is -0.373 e. The lowest BCUT2D eigenvalue weighted by Gasteiger charge is -2.16. The van der Waals surface area contributed by atoms with Crippen molar-refractivity contribution in [2.24, 2.45) is 0 Å². The quantitative estimate of drug-likeness (QED) is 0.501. The Balaban J connectivity index is 1.78. The summed E-state index contributed by atoms with van der Waals surface area (Å²) in [5.74, 6) is -0.794. The number of amides is 2. The molecule has 1 aliphatic heterocycles. The SMILES string of the molecule is CNc1ncc(Nc2cccc3c2C(=O)N(CC(=O)NCC(F)(F)F)C3)cc1C(C)=N. The van der Waals surface area contributed by atoms with Crippen LogP contribution in [0.15, 0.2) is 30.5 Å². The summed E-state index contributed by atoms with van der Waals surface area (Å²) in [4.78, 5) is 30.1. The number of anilines is 3. The maximum atomic E-state index is 12.8. The number of halogens is 3. The van der Waals surface area contributed by atoms with Crippen LogP contribution >= 0.6 is 0 Å². The monoisotopic (exact) mass is 434 g/mol. The van der Waals surface area contributed by atoms with Crippen LogP contribution in [0.4, 0.5) is 30.4 Å². The molecule has 1 aromatic carbocycles. The number of hydrogen-bond acceptors (Lipinski definition) is 6. The van der Waals surface area contributed by atoms with Gasteiger partial charge in [0.05, 0.1) is 23.1 Å². The zero-order valence-electron chi connectivity index (χ0n) is 16.9. The molecule has 0 unspecified atom stereocenters. The van der Waals surface area contributed by atoms with Crippen molar-refractivity contribution < 1.29 is 22.8 Å². The fraction of sp³-hybridized carbons (Fsp3) is 0.300. The molecular formula is C20H21F3N6O2. The number of nitrogens with one attached hydrogen (secondary N) is 4. The number of fused-ring (bicyclic) bond motifs is 1. The lowest BCUT2D eigenvalue weighted by molar-refractivity contribution is -0.138. The number of rotatable bonds is 7. The molecule has 0 saturated carbocycles. The van der Waals surface area contributed by atoms with Gasteiger partial charge in [0, 0.05) is 24.9 Å². The van der Waals surface area contributed by atoms with Crippen molar-refractivity contribution >= 4 is 34.7 Å². The Morgan fingerprint density at radius 1 is 1.32 bits per heavy atom. The van der Waals surface area contributed by atoms with Gasteiger partial charge in [-0.05, 0) is 24.6 Å². The summed E-state index contributed by atoms with van der Waals surface area (Å²) in [6.45, 7) is -0.172. The highest BCUT2D eigenvalue weighted by Gasteiger charge is 2.33. The van der Waals surface area contributed by atoms with Crippen molar-refractivity contribution in [2.75, 3.05) is 30.8 Å². The lowest BCUT2D eigenvalue weighted by Crippen LogP contribution is -2.41. The first-order chi connectivity index (χ1) is 14.6. The van der Waals surface area contributed by atoms with Crippen LogP contribution < -0.4 is 16.0 Å². The summed E-state index contributed by atoms with van der Waals surface area (Å²) in [7, 11) is 1.70. The minimum atomic E-state index is -4.52. The van der Waals surface area contributed by atoms with E-state index in [0.717, 1.165) is 0 Å². The van der Waals surface area contributed by atoms with E-state index in [-0.39, 0.29) is 6.54 Å². The fourth-order valence-corrected chi connectivity index (χ4v) is 3.25. The highest BCUT2D eigenvalue weighted by atomic mass is 19.4. The molecule has 4 N–H and O–H groups in total. The molecule has 2 heterocycles.